The van der Waals surface area contributed by atoms with Crippen molar-refractivity contribution >= 4 is 0 Å². The van der Waals surface area contributed by atoms with E-state index in [1.807, 2.05) is 16.9 Å². The molecule has 3 rings (SSSR count). The van der Waals surface area contributed by atoms with Gasteiger partial charge in [-0.3, -0.25) is 4.68 Å². The second-order valence-corrected chi connectivity index (χ2v) is 8.49. The number of halogens is 3. The average Bonchev–Trinajstić information content (AvgIpc) is 3.28. The van der Waals surface area contributed by atoms with Gasteiger partial charge in [0, 0.05) is 24.2 Å². The Morgan fingerprint density at radius 1 is 1.21 bits per heavy atom. The van der Waals surface area contributed by atoms with Gasteiger partial charge < -0.3 is 10.1 Å². The Bertz CT molecular complexity index is 821. The minimum atomic E-state index is -4.34. The molecule has 1 N–H and O–H groups in total. The lowest BCUT2D eigenvalue weighted by molar-refractivity contribution is -0.137. The van der Waals surface area contributed by atoms with E-state index in [1.54, 1.807) is 18.2 Å². The van der Waals surface area contributed by atoms with E-state index in [9.17, 15) is 13.2 Å². The largest absolute Gasteiger partial charge is 0.416 e. The summed E-state index contributed by atoms with van der Waals surface area (Å²) in [4.78, 5) is 0. The molecule has 0 aliphatic carbocycles. The van der Waals surface area contributed by atoms with Crippen molar-refractivity contribution in [3.63, 3.8) is 0 Å². The fourth-order valence-corrected chi connectivity index (χ4v) is 3.70. The number of hydrogen-bond acceptors (Lipinski definition) is 3. The number of alkyl halides is 3. The van der Waals surface area contributed by atoms with E-state index in [0.29, 0.717) is 13.2 Å². The average molecular weight is 407 g/mol. The van der Waals surface area contributed by atoms with Gasteiger partial charge in [-0.25, -0.2) is 0 Å². The zero-order valence-corrected chi connectivity index (χ0v) is 17.0. The van der Waals surface area contributed by atoms with Gasteiger partial charge in [-0.1, -0.05) is 18.2 Å². The van der Waals surface area contributed by atoms with E-state index in [1.165, 1.54) is 0 Å². The molecule has 0 amide bonds. The summed E-state index contributed by atoms with van der Waals surface area (Å²) >= 11 is 0. The number of benzene rings is 1. The van der Waals surface area contributed by atoms with E-state index in [-0.39, 0.29) is 23.5 Å². The second-order valence-electron chi connectivity index (χ2n) is 8.49. The Balaban J connectivity index is 1.86. The van der Waals surface area contributed by atoms with Crippen LogP contribution in [0.4, 0.5) is 13.2 Å². The minimum Gasteiger partial charge on any atom is -0.376 e. The van der Waals surface area contributed by atoms with Gasteiger partial charge >= 0.3 is 6.18 Å². The quantitative estimate of drug-likeness (QED) is 0.538. The van der Waals surface area contributed by atoms with E-state index >= 15 is 0 Å². The van der Waals surface area contributed by atoms with Gasteiger partial charge in [0.15, 0.2) is 0 Å². The number of rotatable bonds is 6. The number of ether oxygens (including phenoxy) is 1. The van der Waals surface area contributed by atoms with Gasteiger partial charge in [0.2, 0.25) is 0 Å². The highest BCUT2D eigenvalue weighted by molar-refractivity contribution is 5.31. The molecule has 0 bridgehead atoms. The van der Waals surface area contributed by atoms with Crippen molar-refractivity contribution in [1.82, 2.24) is 15.1 Å². The maximum absolute atomic E-state index is 12.9. The summed E-state index contributed by atoms with van der Waals surface area (Å²) in [5.41, 5.74) is 0.974. The third-order valence-corrected chi connectivity index (χ3v) is 5.18. The Morgan fingerprint density at radius 2 is 1.90 bits per heavy atom. The number of nitrogens with zero attached hydrogens (tertiary/aromatic N) is 2. The van der Waals surface area contributed by atoms with Crippen LogP contribution in [0.3, 0.4) is 0 Å². The summed E-state index contributed by atoms with van der Waals surface area (Å²) in [7, 11) is 0. The molecule has 2 heterocycles. The second kappa shape index (κ2) is 8.32. The lowest BCUT2D eigenvalue weighted by Gasteiger charge is -2.21. The van der Waals surface area contributed by atoms with E-state index < -0.39 is 11.7 Å². The maximum Gasteiger partial charge on any atom is 0.416 e. The monoisotopic (exact) mass is 407 g/mol. The summed E-state index contributed by atoms with van der Waals surface area (Å²) in [5.74, 6) is 0.0488. The lowest BCUT2D eigenvalue weighted by Crippen LogP contribution is -2.29. The van der Waals surface area contributed by atoms with Crippen LogP contribution in [0.1, 0.15) is 56.0 Å². The van der Waals surface area contributed by atoms with Gasteiger partial charge in [-0.05, 0) is 51.0 Å². The minimum absolute atomic E-state index is 0.0488. The first-order valence-electron chi connectivity index (χ1n) is 9.77. The zero-order chi connectivity index (χ0) is 21.2. The normalized spacial score (nSPS) is 22.8. The highest BCUT2D eigenvalue weighted by Gasteiger charge is 2.38. The third kappa shape index (κ3) is 5.08. The SMILES string of the molecule is C=CCOC[C@@H]1CC(c2ccn(C(C)(C)C)n2)[C@H](c2ccc(C(F)(F)F)cc2)N1. The Kier molecular flexibility index (Phi) is 6.19. The van der Waals surface area contributed by atoms with Crippen molar-refractivity contribution in [2.45, 2.75) is 56.9 Å². The van der Waals surface area contributed by atoms with Crippen molar-refractivity contribution in [3.8, 4) is 0 Å². The van der Waals surface area contributed by atoms with Crippen LogP contribution in [0.15, 0.2) is 49.2 Å². The van der Waals surface area contributed by atoms with Crippen LogP contribution in [0, 0.1) is 0 Å². The first-order valence-corrected chi connectivity index (χ1v) is 9.77. The number of hydrogen-bond donors (Lipinski definition) is 1. The smallest absolute Gasteiger partial charge is 0.376 e. The van der Waals surface area contributed by atoms with Crippen LogP contribution in [0.2, 0.25) is 0 Å². The van der Waals surface area contributed by atoms with Crippen LogP contribution in [0.25, 0.3) is 0 Å². The topological polar surface area (TPSA) is 39.1 Å². The van der Waals surface area contributed by atoms with Crippen molar-refractivity contribution < 1.29 is 17.9 Å². The molecule has 1 aromatic heterocycles. The standard InChI is InChI=1S/C22H28F3N3O/c1-5-12-29-14-17-13-18(19-10-11-28(27-19)21(2,3)4)20(26-17)15-6-8-16(9-7-15)22(23,24)25/h5-11,17-18,20,26H,1,12-14H2,2-4H3/t17-,18?,20-/m0/s1. The molecule has 1 fully saturated rings. The molecule has 1 aliphatic heterocycles. The summed E-state index contributed by atoms with van der Waals surface area (Å²) in [5, 5.41) is 8.30. The highest BCUT2D eigenvalue weighted by atomic mass is 19.4. The third-order valence-electron chi connectivity index (χ3n) is 5.18. The summed E-state index contributed by atoms with van der Waals surface area (Å²) in [6.45, 7) is 10.9. The Hall–Kier alpha value is -2.12. The predicted octanol–water partition coefficient (Wildman–Crippen LogP) is 5.05. The molecule has 29 heavy (non-hydrogen) atoms. The molecule has 3 atom stereocenters. The van der Waals surface area contributed by atoms with Crippen molar-refractivity contribution in [1.29, 1.82) is 0 Å². The van der Waals surface area contributed by atoms with Crippen LogP contribution in [-0.4, -0.2) is 29.0 Å². The highest BCUT2D eigenvalue weighted by Crippen LogP contribution is 2.41. The molecule has 4 nitrogen and oxygen atoms in total. The van der Waals surface area contributed by atoms with Gasteiger partial charge in [0.25, 0.3) is 0 Å². The molecule has 0 saturated carbocycles. The molecule has 1 saturated heterocycles. The molecule has 0 radical (unpaired) electrons. The zero-order valence-electron chi connectivity index (χ0n) is 17.0. The van der Waals surface area contributed by atoms with Crippen LogP contribution in [0.5, 0.6) is 0 Å². The van der Waals surface area contributed by atoms with Gasteiger partial charge in [-0.2, -0.15) is 18.3 Å². The van der Waals surface area contributed by atoms with E-state index in [4.69, 9.17) is 9.84 Å². The van der Waals surface area contributed by atoms with Crippen LogP contribution >= 0.6 is 0 Å². The maximum atomic E-state index is 12.9. The van der Waals surface area contributed by atoms with E-state index in [2.05, 4.69) is 32.7 Å². The molecule has 1 aliphatic rings. The number of aromatic nitrogens is 2. The predicted molar refractivity (Wildman–Crippen MR) is 107 cm³/mol. The Morgan fingerprint density at radius 3 is 2.45 bits per heavy atom. The molecule has 0 spiro atoms. The fraction of sp³-hybridized carbons (Fsp3) is 0.500. The first kappa shape index (κ1) is 21.6. The van der Waals surface area contributed by atoms with Crippen molar-refractivity contribution in [2.24, 2.45) is 0 Å². The summed E-state index contributed by atoms with van der Waals surface area (Å²) in [6.07, 6.45) is 0.114. The summed E-state index contributed by atoms with van der Waals surface area (Å²) in [6, 6.07) is 7.36. The Labute approximate surface area is 169 Å². The first-order chi connectivity index (χ1) is 13.6. The summed E-state index contributed by atoms with van der Waals surface area (Å²) < 4.78 is 46.3. The van der Waals surface area contributed by atoms with Crippen LogP contribution < -0.4 is 5.32 Å². The molecular weight excluding hydrogens is 379 g/mol. The van der Waals surface area contributed by atoms with Crippen molar-refractivity contribution in [2.75, 3.05) is 13.2 Å². The van der Waals surface area contributed by atoms with Crippen molar-refractivity contribution in [3.05, 3.63) is 66.0 Å². The molecule has 7 heteroatoms. The van der Waals surface area contributed by atoms with Gasteiger partial charge in [0.1, 0.15) is 0 Å². The van der Waals surface area contributed by atoms with Gasteiger partial charge in [-0.15, -0.1) is 6.58 Å². The molecule has 1 unspecified atom stereocenters. The fourth-order valence-electron chi connectivity index (χ4n) is 3.70. The molecule has 2 aromatic rings. The number of nitrogens with one attached hydrogen (secondary N) is 1. The van der Waals surface area contributed by atoms with E-state index in [0.717, 1.165) is 29.8 Å². The van der Waals surface area contributed by atoms with Crippen LogP contribution in [-0.2, 0) is 16.5 Å². The molecule has 158 valence electrons. The van der Waals surface area contributed by atoms with Gasteiger partial charge in [0.05, 0.1) is 30.0 Å². The molecule has 1 aromatic carbocycles. The lowest BCUT2D eigenvalue weighted by atomic mass is 9.90. The molecular formula is C22H28F3N3O.